The van der Waals surface area contributed by atoms with Crippen LogP contribution in [0.25, 0.3) is 0 Å². The van der Waals surface area contributed by atoms with Crippen LogP contribution in [0.2, 0.25) is 5.02 Å². The summed E-state index contributed by atoms with van der Waals surface area (Å²) < 4.78 is 13.6. The molecule has 37 heavy (non-hydrogen) atoms. The highest BCUT2D eigenvalue weighted by molar-refractivity contribution is 6.30. The van der Waals surface area contributed by atoms with E-state index in [0.717, 1.165) is 11.8 Å². The Morgan fingerprint density at radius 2 is 1.76 bits per heavy atom. The third-order valence-corrected chi connectivity index (χ3v) is 8.12. The number of hydrogen-bond acceptors (Lipinski definition) is 6. The van der Waals surface area contributed by atoms with Crippen molar-refractivity contribution in [3.8, 4) is 0 Å². The van der Waals surface area contributed by atoms with Gasteiger partial charge in [0.1, 0.15) is 11.6 Å². The Labute approximate surface area is 219 Å². The molecule has 2 aromatic heterocycles. The predicted molar refractivity (Wildman–Crippen MR) is 138 cm³/mol. The largest absolute Gasteiger partial charge is 0.384 e. The Morgan fingerprint density at radius 3 is 2.35 bits per heavy atom. The number of aliphatic hydroxyl groups is 1. The van der Waals surface area contributed by atoms with Gasteiger partial charge >= 0.3 is 0 Å². The van der Waals surface area contributed by atoms with Gasteiger partial charge < -0.3 is 14.9 Å². The van der Waals surface area contributed by atoms with E-state index in [0.29, 0.717) is 42.7 Å². The van der Waals surface area contributed by atoms with Crippen molar-refractivity contribution in [3.63, 3.8) is 0 Å². The summed E-state index contributed by atoms with van der Waals surface area (Å²) in [5.41, 5.74) is 0.00805. The molecule has 1 amide bonds. The molecule has 194 valence electrons. The number of nitrogens with zero attached hydrogens (tertiary/aromatic N) is 4. The fraction of sp³-hybridized carbons (Fsp3) is 0.407. The van der Waals surface area contributed by atoms with Crippen molar-refractivity contribution in [2.75, 3.05) is 31.1 Å². The van der Waals surface area contributed by atoms with Gasteiger partial charge in [0.05, 0.1) is 17.7 Å². The molecule has 2 aliphatic rings. The fourth-order valence-corrected chi connectivity index (χ4v) is 5.99. The molecule has 4 heterocycles. The highest BCUT2D eigenvalue weighted by atomic mass is 35.5. The number of amides is 1. The number of piperidine rings is 1. The first-order chi connectivity index (χ1) is 17.7. The van der Waals surface area contributed by atoms with Gasteiger partial charge in [0, 0.05) is 60.7 Å². The number of benzene rings is 1. The molecule has 5 rings (SSSR count). The number of aromatic nitrogens is 3. The number of nitrogens with one attached hydrogen (secondary N) is 1. The average Bonchev–Trinajstić information content (AvgIpc) is 3.33. The summed E-state index contributed by atoms with van der Waals surface area (Å²) in [7, 11) is 0. The highest BCUT2D eigenvalue weighted by Gasteiger charge is 2.49. The summed E-state index contributed by atoms with van der Waals surface area (Å²) in [4.78, 5) is 33.5. The minimum absolute atomic E-state index is 0.0418. The zero-order valence-corrected chi connectivity index (χ0v) is 21.4. The van der Waals surface area contributed by atoms with E-state index in [9.17, 15) is 19.1 Å². The summed E-state index contributed by atoms with van der Waals surface area (Å²) in [6, 6.07) is 13.2. The molecule has 8 nitrogen and oxygen atoms in total. The van der Waals surface area contributed by atoms with Crippen molar-refractivity contribution >= 4 is 23.3 Å². The summed E-state index contributed by atoms with van der Waals surface area (Å²) in [5.74, 6) is -1.11. The van der Waals surface area contributed by atoms with E-state index in [1.54, 1.807) is 24.3 Å². The number of halogens is 2. The zero-order valence-electron chi connectivity index (χ0n) is 20.6. The van der Waals surface area contributed by atoms with Gasteiger partial charge in [-0.1, -0.05) is 37.6 Å². The number of likely N-dealkylation sites (tertiary alicyclic amines) is 1. The highest BCUT2D eigenvalue weighted by Crippen LogP contribution is 2.43. The maximum atomic E-state index is 14.0. The van der Waals surface area contributed by atoms with E-state index in [1.165, 1.54) is 12.1 Å². The maximum absolute atomic E-state index is 14.0. The topological polar surface area (TPSA) is 102 Å². The minimum atomic E-state index is -1.10. The Hall–Kier alpha value is -3.30. The molecule has 0 aliphatic carbocycles. The van der Waals surface area contributed by atoms with Gasteiger partial charge in [-0.2, -0.15) is 5.10 Å². The molecule has 2 aliphatic heterocycles. The molecule has 5 atom stereocenters. The molecule has 0 radical (unpaired) electrons. The lowest BCUT2D eigenvalue weighted by Crippen LogP contribution is -2.57. The zero-order chi connectivity index (χ0) is 26.3. The molecule has 2 fully saturated rings. The molecule has 10 heteroatoms. The molecule has 0 saturated carbocycles. The van der Waals surface area contributed by atoms with Crippen LogP contribution in [-0.4, -0.2) is 57.3 Å². The first-order valence-corrected chi connectivity index (χ1v) is 12.7. The van der Waals surface area contributed by atoms with Crippen LogP contribution < -0.4 is 10.5 Å². The summed E-state index contributed by atoms with van der Waals surface area (Å²) in [5, 5.41) is 18.9. The molecular weight excluding hydrogens is 497 g/mol. The second-order valence-corrected chi connectivity index (χ2v) is 10.6. The summed E-state index contributed by atoms with van der Waals surface area (Å²) >= 11 is 6.06. The van der Waals surface area contributed by atoms with Gasteiger partial charge in [0.2, 0.25) is 5.91 Å². The Bertz CT molecular complexity index is 1300. The lowest BCUT2D eigenvalue weighted by Gasteiger charge is -2.48. The summed E-state index contributed by atoms with van der Waals surface area (Å²) in [6.45, 7) is 5.51. The van der Waals surface area contributed by atoms with Crippen LogP contribution in [0.5, 0.6) is 0 Å². The predicted octanol–water partition coefficient (Wildman–Crippen LogP) is 3.18. The fourth-order valence-electron chi connectivity index (χ4n) is 5.86. The second kappa shape index (κ2) is 9.87. The Morgan fingerprint density at radius 1 is 1.05 bits per heavy atom. The molecular formula is C27H29ClFN5O3. The number of carbonyl (C=O) groups is 1. The SMILES string of the molecule is C[C@@H]1CN(C(=O)[C@@H]2CN(c3ccc(=O)[nH]n3)C[C@H]2c2ccc(F)cn2)C[C@H](C)C1(O)c1ccc(Cl)cc1. The van der Waals surface area contributed by atoms with Crippen LogP contribution in [0.3, 0.4) is 0 Å². The number of pyridine rings is 1. The van der Waals surface area contributed by atoms with E-state index in [1.807, 2.05) is 35.8 Å². The molecule has 2 N–H and O–H groups in total. The van der Waals surface area contributed by atoms with E-state index in [2.05, 4.69) is 15.2 Å². The van der Waals surface area contributed by atoms with Crippen molar-refractivity contribution in [1.29, 1.82) is 0 Å². The first kappa shape index (κ1) is 25.4. The third-order valence-electron chi connectivity index (χ3n) is 7.87. The van der Waals surface area contributed by atoms with Crippen LogP contribution in [-0.2, 0) is 10.4 Å². The van der Waals surface area contributed by atoms with Crippen molar-refractivity contribution in [2.24, 2.45) is 17.8 Å². The lowest BCUT2D eigenvalue weighted by atomic mass is 9.70. The van der Waals surface area contributed by atoms with E-state index in [4.69, 9.17) is 11.6 Å². The van der Waals surface area contributed by atoms with E-state index in [-0.39, 0.29) is 29.2 Å². The maximum Gasteiger partial charge on any atom is 0.264 e. The molecule has 2 saturated heterocycles. The van der Waals surface area contributed by atoms with Crippen LogP contribution >= 0.6 is 11.6 Å². The molecule has 1 aromatic carbocycles. The minimum Gasteiger partial charge on any atom is -0.384 e. The standard InChI is InChI=1S/C27H29ClFN5O3/c1-16-12-34(13-17(2)27(16,37)18-3-5-19(28)6-4-18)26(36)22-15-33(24-9-10-25(35)32-31-24)14-21(22)23-8-7-20(29)11-30-23/h3-11,16-17,21-22,37H,12-15H2,1-2H3,(H,32,35)/t16-,17+,21-,22-,27?/m1/s1. The number of hydrogen-bond donors (Lipinski definition) is 2. The van der Waals surface area contributed by atoms with Gasteiger partial charge in [0.25, 0.3) is 5.56 Å². The smallest absolute Gasteiger partial charge is 0.264 e. The number of anilines is 1. The Balaban J connectivity index is 1.41. The third kappa shape index (κ3) is 4.73. The van der Waals surface area contributed by atoms with Crippen LogP contribution in [0, 0.1) is 23.6 Å². The number of H-pyrrole nitrogens is 1. The van der Waals surface area contributed by atoms with Crippen molar-refractivity contribution < 1.29 is 14.3 Å². The molecule has 1 unspecified atom stereocenters. The lowest BCUT2D eigenvalue weighted by molar-refractivity contribution is -0.152. The van der Waals surface area contributed by atoms with Gasteiger partial charge in [0.15, 0.2) is 0 Å². The monoisotopic (exact) mass is 525 g/mol. The van der Waals surface area contributed by atoms with Gasteiger partial charge in [-0.3, -0.25) is 14.6 Å². The van der Waals surface area contributed by atoms with Gasteiger partial charge in [-0.15, -0.1) is 0 Å². The summed E-state index contributed by atoms with van der Waals surface area (Å²) in [6.07, 6.45) is 1.16. The number of rotatable bonds is 4. The van der Waals surface area contributed by atoms with Crippen LogP contribution in [0.1, 0.15) is 31.0 Å². The quantitative estimate of drug-likeness (QED) is 0.542. The van der Waals surface area contributed by atoms with Gasteiger partial charge in [-0.05, 0) is 35.9 Å². The first-order valence-electron chi connectivity index (χ1n) is 12.4. The van der Waals surface area contributed by atoms with E-state index >= 15 is 0 Å². The number of aromatic amines is 1. The van der Waals surface area contributed by atoms with Gasteiger partial charge in [-0.25, -0.2) is 9.49 Å². The van der Waals surface area contributed by atoms with Crippen molar-refractivity contribution in [2.45, 2.75) is 25.4 Å². The van der Waals surface area contributed by atoms with Crippen molar-refractivity contribution in [1.82, 2.24) is 20.1 Å². The second-order valence-electron chi connectivity index (χ2n) is 10.2. The van der Waals surface area contributed by atoms with E-state index < -0.39 is 17.3 Å². The average molecular weight is 526 g/mol. The van der Waals surface area contributed by atoms with Crippen LogP contribution in [0.4, 0.5) is 10.2 Å². The molecule has 0 spiro atoms. The molecule has 0 bridgehead atoms. The Kier molecular flexibility index (Phi) is 6.76. The number of carbonyl (C=O) groups excluding carboxylic acids is 1. The normalized spacial score (nSPS) is 27.9. The van der Waals surface area contributed by atoms with Crippen molar-refractivity contribution in [3.05, 3.63) is 87.2 Å². The molecule has 3 aromatic rings. The van der Waals surface area contributed by atoms with Crippen LogP contribution in [0.15, 0.2) is 59.5 Å².